The van der Waals surface area contributed by atoms with Crippen LogP contribution in [0.3, 0.4) is 0 Å². The molecule has 5 rings (SSSR count). The molecule has 44 heavy (non-hydrogen) atoms. The zero-order valence-corrected chi connectivity index (χ0v) is 26.4. The first-order valence-corrected chi connectivity index (χ1v) is 15.9. The predicted octanol–water partition coefficient (Wildman–Crippen LogP) is 5.77. The number of amides is 2. The highest BCUT2D eigenvalue weighted by Gasteiger charge is 2.44. The molecule has 3 aromatic rings. The first-order chi connectivity index (χ1) is 21.4. The molecule has 1 N–H and O–H groups in total. The van der Waals surface area contributed by atoms with Crippen molar-refractivity contribution in [3.05, 3.63) is 84.4 Å². The molecule has 0 radical (unpaired) electrons. The van der Waals surface area contributed by atoms with Crippen LogP contribution in [0.1, 0.15) is 38.2 Å². The van der Waals surface area contributed by atoms with E-state index in [2.05, 4.69) is 40.5 Å². The maximum atomic E-state index is 13.8. The first kappa shape index (κ1) is 31.5. The van der Waals surface area contributed by atoms with Gasteiger partial charge in [-0.15, -0.1) is 0 Å². The molecule has 232 valence electrons. The van der Waals surface area contributed by atoms with Crippen molar-refractivity contribution in [1.29, 1.82) is 0 Å². The Morgan fingerprint density at radius 3 is 2.27 bits per heavy atom. The summed E-state index contributed by atoms with van der Waals surface area (Å²) >= 11 is 5.87. The summed E-state index contributed by atoms with van der Waals surface area (Å²) in [4.78, 5) is 33.0. The third-order valence-electron chi connectivity index (χ3n) is 8.42. The Morgan fingerprint density at radius 1 is 0.932 bits per heavy atom. The molecule has 2 heterocycles. The molecule has 0 unspecified atom stereocenters. The molecule has 2 aliphatic rings. The minimum Gasteiger partial charge on any atom is -0.497 e. The molecule has 1 atom stereocenters. The fourth-order valence-electron chi connectivity index (χ4n) is 6.07. The fraction of sp³-hybridized carbons (Fsp3) is 0.400. The number of hydrogen-bond acceptors (Lipinski definition) is 6. The van der Waals surface area contributed by atoms with Gasteiger partial charge in [-0.3, -0.25) is 14.5 Å². The molecule has 0 saturated carbocycles. The van der Waals surface area contributed by atoms with Crippen LogP contribution in [0, 0.1) is 5.92 Å². The van der Waals surface area contributed by atoms with Crippen molar-refractivity contribution in [3.8, 4) is 11.5 Å². The Labute approximate surface area is 265 Å². The van der Waals surface area contributed by atoms with E-state index in [9.17, 15) is 9.59 Å². The highest BCUT2D eigenvalue weighted by molar-refractivity contribution is 7.80. The van der Waals surface area contributed by atoms with Crippen LogP contribution in [0.5, 0.6) is 11.5 Å². The van der Waals surface area contributed by atoms with Crippen molar-refractivity contribution < 1.29 is 19.1 Å². The second-order valence-corrected chi connectivity index (χ2v) is 11.8. The van der Waals surface area contributed by atoms with Crippen molar-refractivity contribution in [2.75, 3.05) is 50.1 Å². The number of benzene rings is 3. The normalized spacial score (nSPS) is 17.6. The third kappa shape index (κ3) is 7.95. The minimum atomic E-state index is -0.677. The van der Waals surface area contributed by atoms with Crippen LogP contribution in [0.25, 0.3) is 0 Å². The zero-order valence-electron chi connectivity index (χ0n) is 25.6. The molecule has 2 fully saturated rings. The molecule has 0 spiro atoms. The van der Waals surface area contributed by atoms with E-state index in [-0.39, 0.29) is 18.2 Å². The Kier molecular flexibility index (Phi) is 10.9. The number of nitrogens with zero attached hydrogens (tertiary/aromatic N) is 3. The van der Waals surface area contributed by atoms with Gasteiger partial charge >= 0.3 is 0 Å². The zero-order chi connectivity index (χ0) is 30.9. The summed E-state index contributed by atoms with van der Waals surface area (Å²) in [6.45, 7) is 6.18. The maximum absolute atomic E-state index is 13.8. The summed E-state index contributed by atoms with van der Waals surface area (Å²) in [6.07, 6.45) is 4.37. The number of rotatable bonds is 13. The Morgan fingerprint density at radius 2 is 1.61 bits per heavy atom. The van der Waals surface area contributed by atoms with Crippen molar-refractivity contribution in [1.82, 2.24) is 9.80 Å². The van der Waals surface area contributed by atoms with E-state index in [1.165, 1.54) is 18.4 Å². The lowest BCUT2D eigenvalue weighted by atomic mass is 9.90. The standard InChI is InChI=1S/C35H42N4O4S/c1-3-43-31-14-10-28(11-15-31)36-33(40)25-32-34(41)39(29-12-16-30(42-2)17-13-29)35(44)38(32)21-7-20-37-22-18-27(19-23-37)24-26-8-5-4-6-9-26/h4-6,8-17,27,32H,3,7,18-25H2,1-2H3,(H,36,40)/t32-/m0/s1. The van der Waals surface area contributed by atoms with Crippen molar-refractivity contribution in [2.45, 2.75) is 45.1 Å². The predicted molar refractivity (Wildman–Crippen MR) is 178 cm³/mol. The van der Waals surface area contributed by atoms with E-state index in [1.54, 1.807) is 24.1 Å². The lowest BCUT2D eigenvalue weighted by Crippen LogP contribution is -2.40. The van der Waals surface area contributed by atoms with Gasteiger partial charge in [-0.05, 0) is 124 Å². The Hall–Kier alpha value is -3.95. The average molecular weight is 615 g/mol. The number of methoxy groups -OCH3 is 1. The van der Waals surface area contributed by atoms with Crippen molar-refractivity contribution in [3.63, 3.8) is 0 Å². The monoisotopic (exact) mass is 614 g/mol. The van der Waals surface area contributed by atoms with E-state index in [0.29, 0.717) is 41.3 Å². The number of ether oxygens (including phenoxy) is 2. The molecule has 9 heteroatoms. The molecule has 8 nitrogen and oxygen atoms in total. The number of carbonyl (C=O) groups is 2. The van der Waals surface area contributed by atoms with E-state index in [1.807, 2.05) is 48.2 Å². The van der Waals surface area contributed by atoms with Gasteiger partial charge < -0.3 is 24.6 Å². The maximum Gasteiger partial charge on any atom is 0.256 e. The average Bonchev–Trinajstić information content (AvgIpc) is 3.27. The van der Waals surface area contributed by atoms with Crippen LogP contribution in [0.4, 0.5) is 11.4 Å². The van der Waals surface area contributed by atoms with Gasteiger partial charge in [-0.1, -0.05) is 30.3 Å². The summed E-state index contributed by atoms with van der Waals surface area (Å²) in [5, 5.41) is 3.36. The quantitative estimate of drug-likeness (QED) is 0.245. The van der Waals surface area contributed by atoms with Gasteiger partial charge in [0.2, 0.25) is 5.91 Å². The molecule has 2 saturated heterocycles. The molecule has 2 amide bonds. The van der Waals surface area contributed by atoms with Gasteiger partial charge in [0.25, 0.3) is 5.91 Å². The van der Waals surface area contributed by atoms with Gasteiger partial charge in [0.05, 0.1) is 25.8 Å². The van der Waals surface area contributed by atoms with Crippen molar-refractivity contribution >= 4 is 40.5 Å². The summed E-state index contributed by atoms with van der Waals surface area (Å²) in [5.41, 5.74) is 2.73. The van der Waals surface area contributed by atoms with E-state index in [4.69, 9.17) is 21.7 Å². The van der Waals surface area contributed by atoms with E-state index < -0.39 is 6.04 Å². The fourth-order valence-corrected chi connectivity index (χ4v) is 6.49. The number of hydrogen-bond donors (Lipinski definition) is 1. The third-order valence-corrected chi connectivity index (χ3v) is 8.84. The summed E-state index contributed by atoms with van der Waals surface area (Å²) in [6, 6.07) is 24.6. The summed E-state index contributed by atoms with van der Waals surface area (Å²) in [5.74, 6) is 1.72. The van der Waals surface area contributed by atoms with E-state index >= 15 is 0 Å². The number of nitrogens with one attached hydrogen (secondary N) is 1. The molecule has 0 bridgehead atoms. The lowest BCUT2D eigenvalue weighted by molar-refractivity contribution is -0.124. The minimum absolute atomic E-state index is 0.00369. The van der Waals surface area contributed by atoms with Crippen LogP contribution in [-0.4, -0.2) is 72.7 Å². The highest BCUT2D eigenvalue weighted by Crippen LogP contribution is 2.29. The van der Waals surface area contributed by atoms with Gasteiger partial charge in [0.15, 0.2) is 5.11 Å². The Balaban J connectivity index is 1.20. The van der Waals surface area contributed by atoms with Crippen LogP contribution >= 0.6 is 12.2 Å². The second kappa shape index (κ2) is 15.2. The topological polar surface area (TPSA) is 74.3 Å². The van der Waals surface area contributed by atoms with Gasteiger partial charge in [0, 0.05) is 12.2 Å². The van der Waals surface area contributed by atoms with Crippen molar-refractivity contribution in [2.24, 2.45) is 5.92 Å². The van der Waals surface area contributed by atoms with Crippen LogP contribution in [0.2, 0.25) is 0 Å². The summed E-state index contributed by atoms with van der Waals surface area (Å²) < 4.78 is 10.8. The van der Waals surface area contributed by atoms with E-state index in [0.717, 1.165) is 38.2 Å². The van der Waals surface area contributed by atoms with Crippen LogP contribution in [0.15, 0.2) is 78.9 Å². The lowest BCUT2D eigenvalue weighted by Gasteiger charge is -2.33. The molecule has 2 aliphatic heterocycles. The second-order valence-electron chi connectivity index (χ2n) is 11.4. The molecule has 0 aromatic heterocycles. The molecular weight excluding hydrogens is 572 g/mol. The highest BCUT2D eigenvalue weighted by atomic mass is 32.1. The van der Waals surface area contributed by atoms with Crippen LogP contribution in [-0.2, 0) is 16.0 Å². The first-order valence-electron chi connectivity index (χ1n) is 15.5. The number of thiocarbonyl (C=S) groups is 1. The van der Waals surface area contributed by atoms with Gasteiger partial charge in [0.1, 0.15) is 17.5 Å². The summed E-state index contributed by atoms with van der Waals surface area (Å²) in [7, 11) is 1.60. The number of piperidine rings is 1. The smallest absolute Gasteiger partial charge is 0.256 e. The molecule has 0 aliphatic carbocycles. The van der Waals surface area contributed by atoms with Crippen LogP contribution < -0.4 is 19.7 Å². The van der Waals surface area contributed by atoms with Gasteiger partial charge in [-0.2, -0.15) is 0 Å². The number of carbonyl (C=O) groups excluding carboxylic acids is 2. The Bertz CT molecular complexity index is 1390. The SMILES string of the molecule is CCOc1ccc(NC(=O)C[C@H]2C(=O)N(c3ccc(OC)cc3)C(=S)N2CCCN2CCC(Cc3ccccc3)CC2)cc1. The molecule has 3 aromatic carbocycles. The molecular formula is C35H42N4O4S. The van der Waals surface area contributed by atoms with Gasteiger partial charge in [-0.25, -0.2) is 0 Å². The largest absolute Gasteiger partial charge is 0.497 e. The number of anilines is 2. The number of likely N-dealkylation sites (tertiary alicyclic amines) is 1.